The van der Waals surface area contributed by atoms with Crippen molar-refractivity contribution in [3.05, 3.63) is 16.6 Å². The molecule has 0 amide bonds. The maximum absolute atomic E-state index is 5.76. The van der Waals surface area contributed by atoms with Crippen LogP contribution in [0.4, 0.5) is 0 Å². The van der Waals surface area contributed by atoms with E-state index in [-0.39, 0.29) is 0 Å². The molecule has 3 nitrogen and oxygen atoms in total. The van der Waals surface area contributed by atoms with Gasteiger partial charge in [-0.05, 0) is 37.8 Å². The summed E-state index contributed by atoms with van der Waals surface area (Å²) in [5.74, 6) is 1.41. The lowest BCUT2D eigenvalue weighted by molar-refractivity contribution is 0.386. The third kappa shape index (κ3) is 5.58. The minimum atomic E-state index is 0.661. The summed E-state index contributed by atoms with van der Waals surface area (Å²) < 4.78 is 0. The molecule has 4 heteroatoms. The predicted octanol–water partition coefficient (Wildman–Crippen LogP) is 2.24. The van der Waals surface area contributed by atoms with Crippen molar-refractivity contribution < 1.29 is 0 Å². The van der Waals surface area contributed by atoms with Crippen molar-refractivity contribution in [2.45, 2.75) is 33.2 Å². The molecule has 92 valence electrons. The van der Waals surface area contributed by atoms with E-state index in [2.05, 4.69) is 24.1 Å². The van der Waals surface area contributed by atoms with Crippen molar-refractivity contribution >= 4 is 11.3 Å². The highest BCUT2D eigenvalue weighted by Gasteiger charge is 2.08. The zero-order valence-electron chi connectivity index (χ0n) is 10.3. The molecule has 0 saturated carbocycles. The zero-order chi connectivity index (χ0) is 11.8. The second-order valence-electron chi connectivity index (χ2n) is 4.66. The molecule has 1 atom stereocenters. The number of nitrogens with zero attached hydrogens (tertiary/aromatic N) is 1. The average Bonchev–Trinajstić information content (AvgIpc) is 2.74. The van der Waals surface area contributed by atoms with Crippen LogP contribution in [0.1, 0.15) is 31.6 Å². The fourth-order valence-electron chi connectivity index (χ4n) is 1.85. The molecule has 0 aromatic carbocycles. The largest absolute Gasteiger partial charge is 0.330 e. The molecule has 0 aliphatic heterocycles. The molecule has 1 heterocycles. The molecular weight excluding hydrogens is 218 g/mol. The molecule has 1 rings (SSSR count). The fraction of sp³-hybridized carbons (Fsp3) is 0.750. The summed E-state index contributed by atoms with van der Waals surface area (Å²) in [6.07, 6.45) is 4.33. The zero-order valence-corrected chi connectivity index (χ0v) is 11.1. The Morgan fingerprint density at radius 3 is 2.88 bits per heavy atom. The van der Waals surface area contributed by atoms with Crippen molar-refractivity contribution in [3.8, 4) is 0 Å². The summed E-state index contributed by atoms with van der Waals surface area (Å²) in [5.41, 5.74) is 7.64. The van der Waals surface area contributed by atoms with Crippen molar-refractivity contribution in [1.82, 2.24) is 10.3 Å². The van der Waals surface area contributed by atoms with Crippen LogP contribution in [0.3, 0.4) is 0 Å². The number of hydrogen-bond acceptors (Lipinski definition) is 4. The summed E-state index contributed by atoms with van der Waals surface area (Å²) in [4.78, 5) is 5.35. The van der Waals surface area contributed by atoms with Gasteiger partial charge in [-0.1, -0.05) is 13.8 Å². The average molecular weight is 241 g/mol. The van der Waals surface area contributed by atoms with E-state index in [1.807, 2.05) is 11.7 Å². The Morgan fingerprint density at radius 1 is 1.50 bits per heavy atom. The van der Waals surface area contributed by atoms with Crippen LogP contribution in [0, 0.1) is 11.8 Å². The van der Waals surface area contributed by atoms with Crippen LogP contribution in [-0.4, -0.2) is 18.1 Å². The monoisotopic (exact) mass is 241 g/mol. The SMILES string of the molecule is CC(C)CC(CN)CCNCc1cncs1. The first-order chi connectivity index (χ1) is 7.72. The molecule has 1 unspecified atom stereocenters. The Kier molecular flexibility index (Phi) is 6.61. The van der Waals surface area contributed by atoms with E-state index < -0.39 is 0 Å². The van der Waals surface area contributed by atoms with Crippen LogP contribution in [0.5, 0.6) is 0 Å². The predicted molar refractivity (Wildman–Crippen MR) is 70.4 cm³/mol. The number of aromatic nitrogens is 1. The van der Waals surface area contributed by atoms with E-state index in [0.717, 1.165) is 25.6 Å². The van der Waals surface area contributed by atoms with E-state index in [0.29, 0.717) is 5.92 Å². The first-order valence-electron chi connectivity index (χ1n) is 6.00. The van der Waals surface area contributed by atoms with Gasteiger partial charge in [0.1, 0.15) is 0 Å². The van der Waals surface area contributed by atoms with Crippen molar-refractivity contribution in [1.29, 1.82) is 0 Å². The van der Waals surface area contributed by atoms with Crippen LogP contribution < -0.4 is 11.1 Å². The minimum Gasteiger partial charge on any atom is -0.330 e. The van der Waals surface area contributed by atoms with Gasteiger partial charge < -0.3 is 11.1 Å². The van der Waals surface area contributed by atoms with E-state index in [4.69, 9.17) is 5.73 Å². The number of nitrogens with two attached hydrogens (primary N) is 1. The molecule has 0 spiro atoms. The van der Waals surface area contributed by atoms with Crippen LogP contribution in [0.15, 0.2) is 11.7 Å². The van der Waals surface area contributed by atoms with Crippen LogP contribution >= 0.6 is 11.3 Å². The number of hydrogen-bond donors (Lipinski definition) is 2. The molecule has 3 N–H and O–H groups in total. The standard InChI is InChI=1S/C12H23N3S/c1-10(2)5-11(6-13)3-4-14-7-12-8-15-9-16-12/h8-11,14H,3-7,13H2,1-2H3. The second-order valence-corrected chi connectivity index (χ2v) is 5.64. The van der Waals surface area contributed by atoms with Crippen LogP contribution in [-0.2, 0) is 6.54 Å². The van der Waals surface area contributed by atoms with Gasteiger partial charge in [0, 0.05) is 17.6 Å². The minimum absolute atomic E-state index is 0.661. The Hall–Kier alpha value is -0.450. The molecule has 0 saturated heterocycles. The third-order valence-electron chi connectivity index (χ3n) is 2.65. The highest BCUT2D eigenvalue weighted by molar-refractivity contribution is 7.09. The van der Waals surface area contributed by atoms with Gasteiger partial charge >= 0.3 is 0 Å². The van der Waals surface area contributed by atoms with Crippen LogP contribution in [0.2, 0.25) is 0 Å². The summed E-state index contributed by atoms with van der Waals surface area (Å²) in [6.45, 7) is 7.30. The molecule has 1 aromatic rings. The highest BCUT2D eigenvalue weighted by Crippen LogP contribution is 2.13. The third-order valence-corrected chi connectivity index (χ3v) is 3.43. The number of rotatable bonds is 8. The summed E-state index contributed by atoms with van der Waals surface area (Å²) >= 11 is 1.70. The molecule has 0 radical (unpaired) electrons. The quantitative estimate of drug-likeness (QED) is 0.686. The van der Waals surface area contributed by atoms with Crippen molar-refractivity contribution in [2.75, 3.05) is 13.1 Å². The van der Waals surface area contributed by atoms with Gasteiger partial charge in [-0.3, -0.25) is 4.98 Å². The topological polar surface area (TPSA) is 50.9 Å². The second kappa shape index (κ2) is 7.76. The van der Waals surface area contributed by atoms with Gasteiger partial charge in [0.15, 0.2) is 0 Å². The summed E-state index contributed by atoms with van der Waals surface area (Å²) in [7, 11) is 0. The maximum atomic E-state index is 5.76. The van der Waals surface area contributed by atoms with E-state index >= 15 is 0 Å². The van der Waals surface area contributed by atoms with Crippen molar-refractivity contribution in [3.63, 3.8) is 0 Å². The van der Waals surface area contributed by atoms with E-state index in [1.54, 1.807) is 11.3 Å². The maximum Gasteiger partial charge on any atom is 0.0794 e. The smallest absolute Gasteiger partial charge is 0.0794 e. The number of thiazole rings is 1. The molecule has 1 aromatic heterocycles. The Balaban J connectivity index is 2.09. The molecule has 16 heavy (non-hydrogen) atoms. The van der Waals surface area contributed by atoms with Gasteiger partial charge in [-0.15, -0.1) is 11.3 Å². The van der Waals surface area contributed by atoms with Gasteiger partial charge in [-0.25, -0.2) is 0 Å². The normalized spacial score (nSPS) is 13.2. The lowest BCUT2D eigenvalue weighted by atomic mass is 9.94. The summed E-state index contributed by atoms with van der Waals surface area (Å²) in [6, 6.07) is 0. The highest BCUT2D eigenvalue weighted by atomic mass is 32.1. The molecule has 0 bridgehead atoms. The molecule has 0 aliphatic carbocycles. The van der Waals surface area contributed by atoms with Gasteiger partial charge in [0.25, 0.3) is 0 Å². The molecule has 0 aliphatic rings. The van der Waals surface area contributed by atoms with E-state index in [1.165, 1.54) is 17.7 Å². The van der Waals surface area contributed by atoms with Gasteiger partial charge in [-0.2, -0.15) is 0 Å². The molecule has 0 fully saturated rings. The van der Waals surface area contributed by atoms with E-state index in [9.17, 15) is 0 Å². The summed E-state index contributed by atoms with van der Waals surface area (Å²) in [5, 5.41) is 3.44. The Morgan fingerprint density at radius 2 is 2.31 bits per heavy atom. The molecular formula is C12H23N3S. The first-order valence-corrected chi connectivity index (χ1v) is 6.88. The van der Waals surface area contributed by atoms with Crippen molar-refractivity contribution in [2.24, 2.45) is 17.6 Å². The van der Waals surface area contributed by atoms with Gasteiger partial charge in [0.05, 0.1) is 5.51 Å². The lowest BCUT2D eigenvalue weighted by Crippen LogP contribution is -2.23. The van der Waals surface area contributed by atoms with Crippen LogP contribution in [0.25, 0.3) is 0 Å². The Bertz CT molecular complexity index is 259. The Labute approximate surface area is 102 Å². The fourth-order valence-corrected chi connectivity index (χ4v) is 2.41. The van der Waals surface area contributed by atoms with Gasteiger partial charge in [0.2, 0.25) is 0 Å². The lowest BCUT2D eigenvalue weighted by Gasteiger charge is -2.16. The number of nitrogens with one attached hydrogen (secondary N) is 1. The first kappa shape index (κ1) is 13.6.